The third-order valence-electron chi connectivity index (χ3n) is 4.78. The molecule has 0 bridgehead atoms. The molecule has 2 aromatic carbocycles. The first-order chi connectivity index (χ1) is 13.9. The van der Waals surface area contributed by atoms with E-state index in [9.17, 15) is 9.59 Å². The standard InChI is InChI=1S/C22H25N5O2/c1-15-9-10-19(11-16(15)2)25-22(29)21-24-14-27(26-21)13-20(28)23-12-17(3)18-7-5-4-6-8-18/h4-11,14,17H,12-13H2,1-3H3,(H,23,28)(H,25,29). The van der Waals surface area contributed by atoms with Gasteiger partial charge in [-0.1, -0.05) is 43.3 Å². The number of aromatic nitrogens is 3. The Hall–Kier alpha value is -3.48. The van der Waals surface area contributed by atoms with E-state index in [1.165, 1.54) is 16.6 Å². The first-order valence-corrected chi connectivity index (χ1v) is 9.52. The molecule has 7 nitrogen and oxygen atoms in total. The molecule has 150 valence electrons. The molecule has 1 aromatic heterocycles. The molecular formula is C22H25N5O2. The summed E-state index contributed by atoms with van der Waals surface area (Å²) in [7, 11) is 0. The van der Waals surface area contributed by atoms with E-state index in [4.69, 9.17) is 0 Å². The summed E-state index contributed by atoms with van der Waals surface area (Å²) in [6.07, 6.45) is 1.38. The largest absolute Gasteiger partial charge is 0.354 e. The highest BCUT2D eigenvalue weighted by Crippen LogP contribution is 2.15. The molecule has 1 heterocycles. The molecule has 2 amide bonds. The van der Waals surface area contributed by atoms with Crippen LogP contribution in [0.1, 0.15) is 40.2 Å². The maximum absolute atomic E-state index is 12.3. The van der Waals surface area contributed by atoms with Crippen LogP contribution in [0, 0.1) is 13.8 Å². The fraction of sp³-hybridized carbons (Fsp3) is 0.273. The summed E-state index contributed by atoms with van der Waals surface area (Å²) >= 11 is 0. The fourth-order valence-electron chi connectivity index (χ4n) is 2.85. The van der Waals surface area contributed by atoms with Crippen molar-refractivity contribution in [3.05, 3.63) is 77.4 Å². The van der Waals surface area contributed by atoms with Gasteiger partial charge in [-0.25, -0.2) is 9.67 Å². The molecule has 0 radical (unpaired) electrons. The Kier molecular flexibility index (Phi) is 6.39. The number of hydrogen-bond donors (Lipinski definition) is 2. The quantitative estimate of drug-likeness (QED) is 0.648. The fourth-order valence-corrected chi connectivity index (χ4v) is 2.85. The molecule has 0 saturated heterocycles. The van der Waals surface area contributed by atoms with Crippen LogP contribution in [-0.2, 0) is 11.3 Å². The van der Waals surface area contributed by atoms with Crippen LogP contribution >= 0.6 is 0 Å². The van der Waals surface area contributed by atoms with Crippen LogP contribution in [0.4, 0.5) is 5.69 Å². The summed E-state index contributed by atoms with van der Waals surface area (Å²) in [5.41, 5.74) is 4.08. The van der Waals surface area contributed by atoms with Crippen molar-refractivity contribution in [3.8, 4) is 0 Å². The van der Waals surface area contributed by atoms with Crippen molar-refractivity contribution < 1.29 is 9.59 Å². The molecule has 29 heavy (non-hydrogen) atoms. The molecule has 0 fully saturated rings. The molecule has 0 aliphatic carbocycles. The predicted octanol–water partition coefficient (Wildman–Crippen LogP) is 3.07. The molecule has 0 aliphatic heterocycles. The molecule has 1 unspecified atom stereocenters. The van der Waals surface area contributed by atoms with Gasteiger partial charge in [0, 0.05) is 12.2 Å². The van der Waals surface area contributed by atoms with Gasteiger partial charge in [0.1, 0.15) is 12.9 Å². The van der Waals surface area contributed by atoms with E-state index >= 15 is 0 Å². The third-order valence-corrected chi connectivity index (χ3v) is 4.78. The Morgan fingerprint density at radius 3 is 2.55 bits per heavy atom. The third kappa shape index (κ3) is 5.51. The summed E-state index contributed by atoms with van der Waals surface area (Å²) in [6, 6.07) is 15.7. The topological polar surface area (TPSA) is 88.9 Å². The number of nitrogens with zero attached hydrogens (tertiary/aromatic N) is 3. The average Bonchev–Trinajstić information content (AvgIpc) is 3.18. The summed E-state index contributed by atoms with van der Waals surface area (Å²) < 4.78 is 1.36. The number of hydrogen-bond acceptors (Lipinski definition) is 4. The average molecular weight is 391 g/mol. The van der Waals surface area contributed by atoms with Crippen LogP contribution in [0.15, 0.2) is 54.9 Å². The summed E-state index contributed by atoms with van der Waals surface area (Å²) in [4.78, 5) is 28.5. The normalized spacial score (nSPS) is 11.7. The Labute approximate surface area is 170 Å². The summed E-state index contributed by atoms with van der Waals surface area (Å²) in [5.74, 6) is -0.368. The van der Waals surface area contributed by atoms with Gasteiger partial charge in [0.2, 0.25) is 11.7 Å². The van der Waals surface area contributed by atoms with Gasteiger partial charge < -0.3 is 10.6 Å². The van der Waals surface area contributed by atoms with Crippen molar-refractivity contribution in [2.24, 2.45) is 0 Å². The van der Waals surface area contributed by atoms with E-state index in [1.807, 2.05) is 62.4 Å². The zero-order valence-electron chi connectivity index (χ0n) is 16.8. The van der Waals surface area contributed by atoms with Gasteiger partial charge >= 0.3 is 0 Å². The first kappa shape index (κ1) is 20.3. The number of aryl methyl sites for hydroxylation is 2. The highest BCUT2D eigenvalue weighted by atomic mass is 16.2. The molecule has 0 spiro atoms. The Balaban J connectivity index is 1.52. The van der Waals surface area contributed by atoms with Gasteiger partial charge in [0.15, 0.2) is 0 Å². The van der Waals surface area contributed by atoms with Crippen LogP contribution in [-0.4, -0.2) is 33.1 Å². The highest BCUT2D eigenvalue weighted by molar-refractivity contribution is 6.01. The first-order valence-electron chi connectivity index (χ1n) is 9.52. The van der Waals surface area contributed by atoms with Crippen molar-refractivity contribution in [2.75, 3.05) is 11.9 Å². The lowest BCUT2D eigenvalue weighted by Gasteiger charge is -2.12. The van der Waals surface area contributed by atoms with Gasteiger partial charge in [0.05, 0.1) is 0 Å². The second kappa shape index (κ2) is 9.14. The van der Waals surface area contributed by atoms with Crippen LogP contribution in [0.3, 0.4) is 0 Å². The van der Waals surface area contributed by atoms with Crippen LogP contribution in [0.5, 0.6) is 0 Å². The predicted molar refractivity (Wildman–Crippen MR) is 112 cm³/mol. The van der Waals surface area contributed by atoms with Gasteiger partial charge in [-0.15, -0.1) is 5.10 Å². The SMILES string of the molecule is Cc1ccc(NC(=O)c2ncn(CC(=O)NCC(C)c3ccccc3)n2)cc1C. The van der Waals surface area contributed by atoms with Crippen molar-refractivity contribution in [3.63, 3.8) is 0 Å². The molecule has 3 aromatic rings. The number of anilines is 1. The number of nitrogens with one attached hydrogen (secondary N) is 2. The zero-order chi connectivity index (χ0) is 20.8. The lowest BCUT2D eigenvalue weighted by atomic mass is 10.0. The number of benzene rings is 2. The second-order valence-electron chi connectivity index (χ2n) is 7.13. The second-order valence-corrected chi connectivity index (χ2v) is 7.13. The van der Waals surface area contributed by atoms with Gasteiger partial charge in [0.25, 0.3) is 5.91 Å². The zero-order valence-corrected chi connectivity index (χ0v) is 16.8. The Bertz CT molecular complexity index is 997. The minimum atomic E-state index is -0.412. The molecule has 1 atom stereocenters. The van der Waals surface area contributed by atoms with Gasteiger partial charge in [-0.3, -0.25) is 9.59 Å². The highest BCUT2D eigenvalue weighted by Gasteiger charge is 2.14. The molecule has 0 saturated carbocycles. The number of rotatable bonds is 7. The smallest absolute Gasteiger partial charge is 0.295 e. The van der Waals surface area contributed by atoms with Crippen LogP contribution in [0.25, 0.3) is 0 Å². The maximum Gasteiger partial charge on any atom is 0.295 e. The molecule has 2 N–H and O–H groups in total. The molecule has 3 rings (SSSR count). The van der Waals surface area contributed by atoms with E-state index in [0.29, 0.717) is 12.2 Å². The van der Waals surface area contributed by atoms with Crippen LogP contribution in [0.2, 0.25) is 0 Å². The molecular weight excluding hydrogens is 366 g/mol. The number of carbonyl (C=O) groups is 2. The Morgan fingerprint density at radius 2 is 1.83 bits per heavy atom. The van der Waals surface area contributed by atoms with E-state index in [-0.39, 0.29) is 24.2 Å². The molecule has 0 aliphatic rings. The van der Waals surface area contributed by atoms with Crippen molar-refractivity contribution in [1.29, 1.82) is 0 Å². The van der Waals surface area contributed by atoms with Crippen molar-refractivity contribution >= 4 is 17.5 Å². The van der Waals surface area contributed by atoms with E-state index in [0.717, 1.165) is 11.1 Å². The molecule has 7 heteroatoms. The Morgan fingerprint density at radius 1 is 1.07 bits per heavy atom. The van der Waals surface area contributed by atoms with Crippen molar-refractivity contribution in [1.82, 2.24) is 20.1 Å². The lowest BCUT2D eigenvalue weighted by Crippen LogP contribution is -2.31. The van der Waals surface area contributed by atoms with Gasteiger partial charge in [-0.05, 0) is 48.6 Å². The summed E-state index contributed by atoms with van der Waals surface area (Å²) in [5, 5.41) is 9.77. The monoisotopic (exact) mass is 391 g/mol. The minimum absolute atomic E-state index is 0.00539. The minimum Gasteiger partial charge on any atom is -0.354 e. The van der Waals surface area contributed by atoms with Gasteiger partial charge in [-0.2, -0.15) is 0 Å². The van der Waals surface area contributed by atoms with E-state index < -0.39 is 5.91 Å². The number of carbonyl (C=O) groups excluding carboxylic acids is 2. The van der Waals surface area contributed by atoms with E-state index in [2.05, 4.69) is 27.6 Å². The number of amides is 2. The van der Waals surface area contributed by atoms with E-state index in [1.54, 1.807) is 0 Å². The van der Waals surface area contributed by atoms with Crippen LogP contribution < -0.4 is 10.6 Å². The maximum atomic E-state index is 12.3. The lowest BCUT2D eigenvalue weighted by molar-refractivity contribution is -0.121. The van der Waals surface area contributed by atoms with Crippen molar-refractivity contribution in [2.45, 2.75) is 33.2 Å². The summed E-state index contributed by atoms with van der Waals surface area (Å²) in [6.45, 7) is 6.58.